The molecule has 0 heterocycles. The summed E-state index contributed by atoms with van der Waals surface area (Å²) in [5, 5.41) is 8.64. The molecule has 2 nitrogen and oxygen atoms in total. The van der Waals surface area contributed by atoms with E-state index < -0.39 is 5.97 Å². The molecule has 0 bridgehead atoms. The van der Waals surface area contributed by atoms with Gasteiger partial charge < -0.3 is 5.11 Å². The molecule has 2 heteroatoms. The van der Waals surface area contributed by atoms with Crippen LogP contribution in [-0.4, -0.2) is 11.1 Å². The van der Waals surface area contributed by atoms with Gasteiger partial charge in [0.15, 0.2) is 0 Å². The number of hydrogen-bond acceptors (Lipinski definition) is 1. The SMILES string of the molecule is CCCc1ccc([C@H]2CC[C@H](C=CCC(=O)O)CC2)cc1. The minimum absolute atomic E-state index is 0.152. The highest BCUT2D eigenvalue weighted by Gasteiger charge is 2.20. The third-order valence-corrected chi connectivity index (χ3v) is 4.46. The Hall–Kier alpha value is -1.57. The number of carbonyl (C=O) groups is 1. The lowest BCUT2D eigenvalue weighted by Gasteiger charge is -2.27. The summed E-state index contributed by atoms with van der Waals surface area (Å²) in [6.07, 6.45) is 11.2. The van der Waals surface area contributed by atoms with E-state index in [1.807, 2.05) is 6.08 Å². The van der Waals surface area contributed by atoms with Crippen LogP contribution < -0.4 is 0 Å². The second-order valence-electron chi connectivity index (χ2n) is 6.13. The summed E-state index contributed by atoms with van der Waals surface area (Å²) in [6, 6.07) is 9.15. The molecule has 1 aromatic carbocycles. The van der Waals surface area contributed by atoms with Gasteiger partial charge in [0.2, 0.25) is 0 Å². The standard InChI is InChI=1S/C19H26O2/c1-2-4-15-7-11-17(12-8-15)18-13-9-16(10-14-18)5-3-6-19(20)21/h3,5,7-8,11-12,16,18H,2,4,6,9-10,13-14H2,1H3,(H,20,21)/t16-,18-. The van der Waals surface area contributed by atoms with E-state index in [0.717, 1.165) is 0 Å². The van der Waals surface area contributed by atoms with Crippen molar-refractivity contribution < 1.29 is 9.90 Å². The van der Waals surface area contributed by atoms with Crippen molar-refractivity contribution in [1.82, 2.24) is 0 Å². The summed E-state index contributed by atoms with van der Waals surface area (Å²) < 4.78 is 0. The van der Waals surface area contributed by atoms with Gasteiger partial charge >= 0.3 is 5.97 Å². The first-order chi connectivity index (χ1) is 10.2. The summed E-state index contributed by atoms with van der Waals surface area (Å²) in [5.74, 6) is 0.511. The average molecular weight is 286 g/mol. The van der Waals surface area contributed by atoms with E-state index in [4.69, 9.17) is 5.11 Å². The van der Waals surface area contributed by atoms with Crippen LogP contribution in [0.25, 0.3) is 0 Å². The molecule has 21 heavy (non-hydrogen) atoms. The number of aryl methyl sites for hydroxylation is 1. The summed E-state index contributed by atoms with van der Waals surface area (Å²) in [7, 11) is 0. The Balaban J connectivity index is 1.83. The van der Waals surface area contributed by atoms with Crippen molar-refractivity contribution in [3.8, 4) is 0 Å². The lowest BCUT2D eigenvalue weighted by atomic mass is 9.78. The van der Waals surface area contributed by atoms with Gasteiger partial charge in [-0.05, 0) is 55.1 Å². The van der Waals surface area contributed by atoms with Gasteiger partial charge in [-0.15, -0.1) is 0 Å². The van der Waals surface area contributed by atoms with Crippen LogP contribution in [-0.2, 0) is 11.2 Å². The lowest BCUT2D eigenvalue weighted by Crippen LogP contribution is -2.11. The Labute approximate surface area is 127 Å². The summed E-state index contributed by atoms with van der Waals surface area (Å²) in [4.78, 5) is 10.5. The molecule has 2 rings (SSSR count). The van der Waals surface area contributed by atoms with Crippen molar-refractivity contribution in [1.29, 1.82) is 0 Å². The number of aliphatic carboxylic acids is 1. The van der Waals surface area contributed by atoms with Crippen LogP contribution in [0.2, 0.25) is 0 Å². The van der Waals surface area contributed by atoms with Crippen LogP contribution in [0.4, 0.5) is 0 Å². The Morgan fingerprint density at radius 1 is 1.19 bits per heavy atom. The zero-order valence-electron chi connectivity index (χ0n) is 12.9. The molecule has 114 valence electrons. The second kappa shape index (κ2) is 8.02. The molecular formula is C19H26O2. The maximum atomic E-state index is 10.5. The van der Waals surface area contributed by atoms with E-state index in [0.29, 0.717) is 11.8 Å². The third-order valence-electron chi connectivity index (χ3n) is 4.46. The maximum absolute atomic E-state index is 10.5. The summed E-state index contributed by atoms with van der Waals surface area (Å²) >= 11 is 0. The van der Waals surface area contributed by atoms with Crippen molar-refractivity contribution in [3.63, 3.8) is 0 Å². The first kappa shape index (κ1) is 15.8. The van der Waals surface area contributed by atoms with E-state index in [2.05, 4.69) is 37.3 Å². The number of rotatable bonds is 6. The molecule has 0 unspecified atom stereocenters. The molecule has 0 radical (unpaired) electrons. The van der Waals surface area contributed by atoms with E-state index >= 15 is 0 Å². The topological polar surface area (TPSA) is 37.3 Å². The van der Waals surface area contributed by atoms with E-state index in [-0.39, 0.29) is 6.42 Å². The van der Waals surface area contributed by atoms with Crippen molar-refractivity contribution in [2.75, 3.05) is 0 Å². The molecule has 0 spiro atoms. The van der Waals surface area contributed by atoms with Gasteiger partial charge in [-0.1, -0.05) is 49.8 Å². The Bertz CT molecular complexity index is 465. The molecule has 0 amide bonds. The molecule has 1 aliphatic carbocycles. The van der Waals surface area contributed by atoms with Gasteiger partial charge in [-0.25, -0.2) is 0 Å². The molecule has 1 N–H and O–H groups in total. The van der Waals surface area contributed by atoms with Gasteiger partial charge in [-0.3, -0.25) is 4.79 Å². The van der Waals surface area contributed by atoms with Crippen LogP contribution in [0.15, 0.2) is 36.4 Å². The molecular weight excluding hydrogens is 260 g/mol. The lowest BCUT2D eigenvalue weighted by molar-refractivity contribution is -0.136. The Morgan fingerprint density at radius 2 is 1.86 bits per heavy atom. The fraction of sp³-hybridized carbons (Fsp3) is 0.526. The van der Waals surface area contributed by atoms with Crippen molar-refractivity contribution in [2.24, 2.45) is 5.92 Å². The van der Waals surface area contributed by atoms with Crippen molar-refractivity contribution >= 4 is 5.97 Å². The molecule has 0 saturated heterocycles. The summed E-state index contributed by atoms with van der Waals surface area (Å²) in [5.41, 5.74) is 2.91. The van der Waals surface area contributed by atoms with Crippen molar-refractivity contribution in [2.45, 2.75) is 57.8 Å². The highest BCUT2D eigenvalue weighted by atomic mass is 16.4. The molecule has 1 aliphatic rings. The number of carboxylic acids is 1. The average Bonchev–Trinajstić information content (AvgIpc) is 2.49. The minimum Gasteiger partial charge on any atom is -0.481 e. The van der Waals surface area contributed by atoms with Crippen LogP contribution in [0.1, 0.15) is 62.5 Å². The zero-order valence-corrected chi connectivity index (χ0v) is 12.9. The monoisotopic (exact) mass is 286 g/mol. The summed E-state index contributed by atoms with van der Waals surface area (Å²) in [6.45, 7) is 2.22. The minimum atomic E-state index is -0.743. The van der Waals surface area contributed by atoms with Gasteiger partial charge in [0.1, 0.15) is 0 Å². The van der Waals surface area contributed by atoms with Crippen LogP contribution in [0.3, 0.4) is 0 Å². The highest BCUT2D eigenvalue weighted by Crippen LogP contribution is 2.36. The molecule has 0 aromatic heterocycles. The second-order valence-corrected chi connectivity index (χ2v) is 6.13. The first-order valence-corrected chi connectivity index (χ1v) is 8.16. The largest absolute Gasteiger partial charge is 0.481 e. The van der Waals surface area contributed by atoms with E-state index in [1.54, 1.807) is 0 Å². The number of carboxylic acid groups (broad SMARTS) is 1. The molecule has 0 aliphatic heterocycles. The van der Waals surface area contributed by atoms with E-state index in [1.165, 1.54) is 49.7 Å². The normalized spacial score (nSPS) is 22.5. The number of hydrogen-bond donors (Lipinski definition) is 1. The Kier molecular flexibility index (Phi) is 6.04. The quantitative estimate of drug-likeness (QED) is 0.752. The van der Waals surface area contributed by atoms with Gasteiger partial charge in [0, 0.05) is 0 Å². The molecule has 1 fully saturated rings. The van der Waals surface area contributed by atoms with Gasteiger partial charge in [-0.2, -0.15) is 0 Å². The maximum Gasteiger partial charge on any atom is 0.307 e. The molecule has 0 atom stereocenters. The third kappa shape index (κ3) is 5.04. The predicted octanol–water partition coefficient (Wildman–Crippen LogP) is 4.94. The first-order valence-electron chi connectivity index (χ1n) is 8.16. The predicted molar refractivity (Wildman–Crippen MR) is 86.5 cm³/mol. The fourth-order valence-corrected chi connectivity index (χ4v) is 3.25. The van der Waals surface area contributed by atoms with Crippen LogP contribution >= 0.6 is 0 Å². The zero-order chi connectivity index (χ0) is 15.1. The van der Waals surface area contributed by atoms with Crippen molar-refractivity contribution in [3.05, 3.63) is 47.5 Å². The number of benzene rings is 1. The van der Waals surface area contributed by atoms with Gasteiger partial charge in [0.25, 0.3) is 0 Å². The Morgan fingerprint density at radius 3 is 2.43 bits per heavy atom. The van der Waals surface area contributed by atoms with Gasteiger partial charge in [0.05, 0.1) is 6.42 Å². The highest BCUT2D eigenvalue weighted by molar-refractivity contribution is 5.68. The fourth-order valence-electron chi connectivity index (χ4n) is 3.25. The van der Waals surface area contributed by atoms with Crippen LogP contribution in [0.5, 0.6) is 0 Å². The molecule has 1 aromatic rings. The van der Waals surface area contributed by atoms with E-state index in [9.17, 15) is 4.79 Å². The van der Waals surface area contributed by atoms with Crippen LogP contribution in [0, 0.1) is 5.92 Å². The smallest absolute Gasteiger partial charge is 0.307 e. The number of allylic oxidation sites excluding steroid dienone is 1. The molecule has 1 saturated carbocycles.